The van der Waals surface area contributed by atoms with Crippen molar-refractivity contribution in [2.24, 2.45) is 0 Å². The van der Waals surface area contributed by atoms with Gasteiger partial charge in [-0.3, -0.25) is 19.8 Å². The second kappa shape index (κ2) is 12.0. The maximum Gasteiger partial charge on any atom is 0.414 e. The summed E-state index contributed by atoms with van der Waals surface area (Å²) in [5, 5.41) is 25.6. The Kier molecular flexibility index (Phi) is 9.11. The van der Waals surface area contributed by atoms with Crippen molar-refractivity contribution in [2.45, 2.75) is 6.54 Å². The van der Waals surface area contributed by atoms with E-state index in [1.807, 2.05) is 36.4 Å². The Labute approximate surface area is 183 Å². The second-order valence-electron chi connectivity index (χ2n) is 6.80. The smallest absolute Gasteiger partial charge is 0.414 e. The number of ether oxygens (including phenoxy) is 1. The van der Waals surface area contributed by atoms with Crippen LogP contribution < -0.4 is 4.74 Å². The molecule has 2 N–H and O–H groups in total. The molecule has 0 bridgehead atoms. The Morgan fingerprint density at radius 3 is 2.12 bits per heavy atom. The van der Waals surface area contributed by atoms with Gasteiger partial charge in [0.15, 0.2) is 6.61 Å². The second-order valence-corrected chi connectivity index (χ2v) is 6.80. The van der Waals surface area contributed by atoms with Crippen molar-refractivity contribution >= 4 is 23.5 Å². The third-order valence-corrected chi connectivity index (χ3v) is 4.54. The number of carbonyl (C=O) groups excluding carboxylic acids is 1. The van der Waals surface area contributed by atoms with Gasteiger partial charge in [-0.1, -0.05) is 30.3 Å². The molecule has 1 saturated heterocycles. The molecule has 0 radical (unpaired) electrons. The lowest BCUT2D eigenvalue weighted by Crippen LogP contribution is -2.49. The molecule has 11 nitrogen and oxygen atoms in total. The molecule has 2 aromatic rings. The Morgan fingerprint density at radius 2 is 1.56 bits per heavy atom. The molecule has 1 amide bonds. The van der Waals surface area contributed by atoms with Crippen LogP contribution in [0.3, 0.4) is 0 Å². The number of nitrogens with zero attached hydrogens (tertiary/aromatic N) is 3. The van der Waals surface area contributed by atoms with E-state index in [4.69, 9.17) is 24.5 Å². The molecule has 1 heterocycles. The molecule has 3 rings (SSSR count). The first-order valence-electron chi connectivity index (χ1n) is 9.64. The fourth-order valence-corrected chi connectivity index (χ4v) is 2.94. The molecule has 0 spiro atoms. The lowest BCUT2D eigenvalue weighted by molar-refractivity contribution is -0.384. The minimum Gasteiger partial charge on any atom is -0.484 e. The number of benzene rings is 2. The van der Waals surface area contributed by atoms with Gasteiger partial charge >= 0.3 is 11.9 Å². The van der Waals surface area contributed by atoms with Gasteiger partial charge in [-0.2, -0.15) is 0 Å². The van der Waals surface area contributed by atoms with Crippen molar-refractivity contribution < 1.29 is 34.3 Å². The van der Waals surface area contributed by atoms with E-state index in [0.29, 0.717) is 25.4 Å². The van der Waals surface area contributed by atoms with Crippen LogP contribution in [-0.4, -0.2) is 75.6 Å². The lowest BCUT2D eigenvalue weighted by atomic mass is 10.1. The van der Waals surface area contributed by atoms with E-state index in [-0.39, 0.29) is 23.1 Å². The molecule has 2 aromatic carbocycles. The first kappa shape index (κ1) is 24.3. The average Bonchev–Trinajstić information content (AvgIpc) is 2.79. The highest BCUT2D eigenvalue weighted by Gasteiger charge is 2.21. The molecule has 1 aliphatic rings. The molecule has 32 heavy (non-hydrogen) atoms. The lowest BCUT2D eigenvalue weighted by Gasteiger charge is -2.34. The number of nitro benzene ring substituents is 1. The molecule has 11 heteroatoms. The van der Waals surface area contributed by atoms with Gasteiger partial charge in [0.2, 0.25) is 0 Å². The molecular formula is C21H23N3O8. The SMILES string of the molecule is O=C(COc1ccccc1)N1CCN(Cc2cccc([N+](=O)[O-])c2)CC1.O=C(O)C(=O)O. The van der Waals surface area contributed by atoms with Crippen molar-refractivity contribution in [2.75, 3.05) is 32.8 Å². The summed E-state index contributed by atoms with van der Waals surface area (Å²) in [5.41, 5.74) is 1.01. The van der Waals surface area contributed by atoms with E-state index in [1.54, 1.807) is 17.0 Å². The summed E-state index contributed by atoms with van der Waals surface area (Å²) < 4.78 is 5.51. The van der Waals surface area contributed by atoms with Crippen molar-refractivity contribution in [1.29, 1.82) is 0 Å². The van der Waals surface area contributed by atoms with Crippen LogP contribution in [0.15, 0.2) is 54.6 Å². The third kappa shape index (κ3) is 8.03. The average molecular weight is 445 g/mol. The van der Waals surface area contributed by atoms with Gasteiger partial charge in [-0.05, 0) is 17.7 Å². The van der Waals surface area contributed by atoms with Gasteiger partial charge < -0.3 is 19.8 Å². The van der Waals surface area contributed by atoms with Crippen LogP contribution >= 0.6 is 0 Å². The van der Waals surface area contributed by atoms with Gasteiger partial charge in [-0.25, -0.2) is 9.59 Å². The summed E-state index contributed by atoms with van der Waals surface area (Å²) in [6.45, 7) is 3.41. The number of carboxylic acids is 2. The molecule has 0 atom stereocenters. The van der Waals surface area contributed by atoms with Gasteiger partial charge in [-0.15, -0.1) is 0 Å². The van der Waals surface area contributed by atoms with Crippen molar-refractivity contribution in [1.82, 2.24) is 9.80 Å². The highest BCUT2D eigenvalue weighted by molar-refractivity contribution is 6.27. The summed E-state index contributed by atoms with van der Waals surface area (Å²) >= 11 is 0. The van der Waals surface area contributed by atoms with E-state index in [1.165, 1.54) is 6.07 Å². The number of rotatable bonds is 6. The first-order valence-corrected chi connectivity index (χ1v) is 9.64. The molecule has 0 aromatic heterocycles. The molecule has 0 saturated carbocycles. The zero-order valence-electron chi connectivity index (χ0n) is 17.1. The predicted molar refractivity (Wildman–Crippen MR) is 112 cm³/mol. The number of para-hydroxylation sites is 1. The predicted octanol–water partition coefficient (Wildman–Crippen LogP) is 1.47. The molecule has 1 fully saturated rings. The van der Waals surface area contributed by atoms with Crippen LogP contribution in [0.4, 0.5) is 5.69 Å². The van der Waals surface area contributed by atoms with Crippen LogP contribution in [-0.2, 0) is 20.9 Å². The third-order valence-electron chi connectivity index (χ3n) is 4.54. The summed E-state index contributed by atoms with van der Waals surface area (Å²) in [5.74, 6) is -2.99. The molecular weight excluding hydrogens is 422 g/mol. The minimum absolute atomic E-state index is 0.0242. The van der Waals surface area contributed by atoms with E-state index in [0.717, 1.165) is 18.7 Å². The standard InChI is InChI=1S/C19H21N3O4.C2H2O4/c23-19(15-26-18-7-2-1-3-8-18)21-11-9-20(10-12-21)14-16-5-4-6-17(13-16)22(24)25;3-1(4)2(5)6/h1-8,13H,9-12,14-15H2;(H,3,4)(H,5,6). The number of aliphatic carboxylic acids is 2. The van der Waals surface area contributed by atoms with E-state index in [2.05, 4.69) is 4.90 Å². The van der Waals surface area contributed by atoms with Gasteiger partial charge in [0.25, 0.3) is 11.6 Å². The number of carbonyl (C=O) groups is 3. The van der Waals surface area contributed by atoms with E-state index >= 15 is 0 Å². The van der Waals surface area contributed by atoms with Gasteiger partial charge in [0.1, 0.15) is 5.75 Å². The number of amides is 1. The van der Waals surface area contributed by atoms with Crippen molar-refractivity contribution in [3.8, 4) is 5.75 Å². The number of hydrogen-bond acceptors (Lipinski definition) is 7. The Balaban J connectivity index is 0.000000534. The Morgan fingerprint density at radius 1 is 0.938 bits per heavy atom. The van der Waals surface area contributed by atoms with Crippen LogP contribution in [0.5, 0.6) is 5.75 Å². The largest absolute Gasteiger partial charge is 0.484 e. The topological polar surface area (TPSA) is 151 Å². The first-order chi connectivity index (χ1) is 15.3. The summed E-state index contributed by atoms with van der Waals surface area (Å²) in [6.07, 6.45) is 0. The Hall–Kier alpha value is -3.99. The normalized spacial score (nSPS) is 13.4. The molecule has 170 valence electrons. The monoisotopic (exact) mass is 445 g/mol. The van der Waals surface area contributed by atoms with Gasteiger partial charge in [0.05, 0.1) is 4.92 Å². The molecule has 0 unspecified atom stereocenters. The van der Waals surface area contributed by atoms with E-state index < -0.39 is 11.9 Å². The van der Waals surface area contributed by atoms with E-state index in [9.17, 15) is 14.9 Å². The van der Waals surface area contributed by atoms with Crippen molar-refractivity contribution in [3.63, 3.8) is 0 Å². The maximum atomic E-state index is 12.3. The number of hydrogen-bond donors (Lipinski definition) is 2. The fourth-order valence-electron chi connectivity index (χ4n) is 2.94. The van der Waals surface area contributed by atoms with Gasteiger partial charge in [0, 0.05) is 44.9 Å². The van der Waals surface area contributed by atoms with Crippen LogP contribution in [0.25, 0.3) is 0 Å². The van der Waals surface area contributed by atoms with Crippen LogP contribution in [0.2, 0.25) is 0 Å². The molecule has 0 aliphatic carbocycles. The van der Waals surface area contributed by atoms with Crippen molar-refractivity contribution in [3.05, 3.63) is 70.3 Å². The summed E-state index contributed by atoms with van der Waals surface area (Å²) in [6, 6.07) is 16.0. The highest BCUT2D eigenvalue weighted by atomic mass is 16.6. The summed E-state index contributed by atoms with van der Waals surface area (Å²) in [7, 11) is 0. The molecule has 1 aliphatic heterocycles. The zero-order chi connectivity index (χ0) is 23.5. The number of carboxylic acid groups (broad SMARTS) is 2. The fraction of sp³-hybridized carbons (Fsp3) is 0.286. The minimum atomic E-state index is -1.82. The van der Waals surface area contributed by atoms with Crippen LogP contribution in [0, 0.1) is 10.1 Å². The summed E-state index contributed by atoms with van der Waals surface area (Å²) in [4.78, 5) is 44.9. The Bertz CT molecular complexity index is 931. The zero-order valence-corrected chi connectivity index (χ0v) is 17.1. The highest BCUT2D eigenvalue weighted by Crippen LogP contribution is 2.16. The number of piperazine rings is 1. The number of non-ortho nitro benzene ring substituents is 1. The quantitative estimate of drug-likeness (QED) is 0.383. The number of nitro groups is 1. The van der Waals surface area contributed by atoms with Crippen LogP contribution in [0.1, 0.15) is 5.56 Å². The maximum absolute atomic E-state index is 12.3.